The van der Waals surface area contributed by atoms with Crippen molar-refractivity contribution in [3.05, 3.63) is 47.1 Å². The Kier molecular flexibility index (Phi) is 5.21. The van der Waals surface area contributed by atoms with Crippen molar-refractivity contribution in [1.82, 2.24) is 9.62 Å². The van der Waals surface area contributed by atoms with Crippen molar-refractivity contribution in [1.29, 1.82) is 0 Å². The fourth-order valence-corrected chi connectivity index (χ4v) is 4.77. The lowest BCUT2D eigenvalue weighted by molar-refractivity contribution is 0.0708. The van der Waals surface area contributed by atoms with Crippen molar-refractivity contribution in [3.8, 4) is 10.4 Å². The van der Waals surface area contributed by atoms with Crippen LogP contribution in [-0.4, -0.2) is 44.6 Å². The Morgan fingerprint density at radius 1 is 1.28 bits per heavy atom. The minimum Gasteiger partial charge on any atom is -0.336 e. The van der Waals surface area contributed by atoms with E-state index in [1.807, 2.05) is 0 Å². The normalized spacial score (nSPS) is 18.3. The van der Waals surface area contributed by atoms with Crippen LogP contribution in [0.4, 0.5) is 4.39 Å². The number of hydrogen-bond acceptors (Lipinski definition) is 4. The van der Waals surface area contributed by atoms with E-state index in [1.54, 1.807) is 35.2 Å². The maximum Gasteiger partial charge on any atom is 0.263 e. The van der Waals surface area contributed by atoms with E-state index in [2.05, 4.69) is 4.72 Å². The fraction of sp³-hybridized carbons (Fsp3) is 0.353. The molecule has 1 amide bonds. The molecule has 3 rings (SSSR count). The molecule has 0 bridgehead atoms. The van der Waals surface area contributed by atoms with E-state index in [9.17, 15) is 17.6 Å². The molecule has 25 heavy (non-hydrogen) atoms. The number of nitrogens with zero attached hydrogens (tertiary/aromatic N) is 1. The van der Waals surface area contributed by atoms with Gasteiger partial charge in [0.2, 0.25) is 10.0 Å². The molecular formula is C17H19FN2O3S2. The number of carbonyl (C=O) groups excluding carboxylic acids is 1. The van der Waals surface area contributed by atoms with Crippen LogP contribution in [0.25, 0.3) is 10.4 Å². The summed E-state index contributed by atoms with van der Waals surface area (Å²) in [4.78, 5) is 15.6. The van der Waals surface area contributed by atoms with E-state index in [0.717, 1.165) is 12.7 Å². The third-order valence-corrected chi connectivity index (χ3v) is 5.91. The second kappa shape index (κ2) is 7.23. The van der Waals surface area contributed by atoms with E-state index in [1.165, 1.54) is 17.4 Å². The highest BCUT2D eigenvalue weighted by Gasteiger charge is 2.27. The minimum absolute atomic E-state index is 0.146. The molecule has 2 aromatic rings. The Bertz CT molecular complexity index is 880. The van der Waals surface area contributed by atoms with Crippen LogP contribution in [0.5, 0.6) is 0 Å². The number of rotatable bonds is 4. The van der Waals surface area contributed by atoms with Gasteiger partial charge < -0.3 is 4.90 Å². The first-order valence-electron chi connectivity index (χ1n) is 7.95. The summed E-state index contributed by atoms with van der Waals surface area (Å²) in [6, 6.07) is 9.63. The van der Waals surface area contributed by atoms with Crippen LogP contribution >= 0.6 is 11.3 Å². The molecule has 1 saturated heterocycles. The number of sulfonamides is 1. The summed E-state index contributed by atoms with van der Waals surface area (Å²) in [5.41, 5.74) is 0.474. The molecule has 134 valence electrons. The molecule has 1 aromatic carbocycles. The number of nitrogens with one attached hydrogen (secondary N) is 1. The fourth-order valence-electron chi connectivity index (χ4n) is 2.98. The standard InChI is InChI=1S/C17H19FN2O3S2/c1-25(22,23)19-12-5-4-10-20(11-12)17(21)16-9-8-15(24-16)13-6-2-3-7-14(13)18/h2-3,6-9,12,19H,4-5,10-11H2,1H3/t12-/m0/s1. The van der Waals surface area contributed by atoms with Gasteiger partial charge in [-0.2, -0.15) is 0 Å². The van der Waals surface area contributed by atoms with E-state index >= 15 is 0 Å². The second-order valence-corrected chi connectivity index (χ2v) is 8.99. The van der Waals surface area contributed by atoms with Gasteiger partial charge >= 0.3 is 0 Å². The summed E-state index contributed by atoms with van der Waals surface area (Å²) in [6.07, 6.45) is 2.57. The van der Waals surface area contributed by atoms with Gasteiger partial charge in [-0.25, -0.2) is 17.5 Å². The maximum absolute atomic E-state index is 13.9. The third-order valence-electron chi connectivity index (χ3n) is 4.05. The Morgan fingerprint density at radius 2 is 2.04 bits per heavy atom. The molecule has 1 aliphatic rings. The van der Waals surface area contributed by atoms with Gasteiger partial charge in [-0.15, -0.1) is 11.3 Å². The van der Waals surface area contributed by atoms with Gasteiger partial charge in [0.1, 0.15) is 5.82 Å². The summed E-state index contributed by atoms with van der Waals surface area (Å²) in [5, 5.41) is 0. The quantitative estimate of drug-likeness (QED) is 0.884. The molecule has 2 heterocycles. The van der Waals surface area contributed by atoms with E-state index in [0.29, 0.717) is 34.8 Å². The van der Waals surface area contributed by atoms with Crippen molar-refractivity contribution < 1.29 is 17.6 Å². The zero-order chi connectivity index (χ0) is 18.0. The Balaban J connectivity index is 1.74. The average molecular weight is 382 g/mol. The summed E-state index contributed by atoms with van der Waals surface area (Å²) < 4.78 is 39.2. The number of halogens is 1. The lowest BCUT2D eigenvalue weighted by atomic mass is 10.1. The van der Waals surface area contributed by atoms with Crippen LogP contribution in [0.15, 0.2) is 36.4 Å². The van der Waals surface area contributed by atoms with Gasteiger partial charge in [-0.1, -0.05) is 18.2 Å². The van der Waals surface area contributed by atoms with Crippen LogP contribution in [0.3, 0.4) is 0 Å². The van der Waals surface area contributed by atoms with E-state index < -0.39 is 10.0 Å². The van der Waals surface area contributed by atoms with Gasteiger partial charge in [0.05, 0.1) is 11.1 Å². The van der Waals surface area contributed by atoms with Crippen molar-refractivity contribution in [2.24, 2.45) is 0 Å². The molecule has 0 radical (unpaired) electrons. The third kappa shape index (κ3) is 4.45. The van der Waals surface area contributed by atoms with Gasteiger partial charge in [-0.3, -0.25) is 4.79 Å². The molecule has 0 spiro atoms. The average Bonchev–Trinajstić information content (AvgIpc) is 3.03. The van der Waals surface area contributed by atoms with Gasteiger partial charge in [0.15, 0.2) is 0 Å². The smallest absolute Gasteiger partial charge is 0.263 e. The second-order valence-electron chi connectivity index (χ2n) is 6.12. The van der Waals surface area contributed by atoms with Crippen LogP contribution in [0.2, 0.25) is 0 Å². The largest absolute Gasteiger partial charge is 0.336 e. The van der Waals surface area contributed by atoms with Crippen molar-refractivity contribution >= 4 is 27.3 Å². The number of piperidine rings is 1. The molecular weight excluding hydrogens is 363 g/mol. The topological polar surface area (TPSA) is 66.5 Å². The number of likely N-dealkylation sites (tertiary alicyclic amines) is 1. The zero-order valence-electron chi connectivity index (χ0n) is 13.7. The number of benzene rings is 1. The zero-order valence-corrected chi connectivity index (χ0v) is 15.4. The highest BCUT2D eigenvalue weighted by atomic mass is 32.2. The molecule has 0 aliphatic carbocycles. The number of carbonyl (C=O) groups is 1. The number of thiophene rings is 1. The van der Waals surface area contributed by atoms with Gasteiger partial charge in [0.25, 0.3) is 5.91 Å². The molecule has 5 nitrogen and oxygen atoms in total. The van der Waals surface area contributed by atoms with Crippen LogP contribution in [-0.2, 0) is 10.0 Å². The van der Waals surface area contributed by atoms with E-state index in [4.69, 9.17) is 0 Å². The lowest BCUT2D eigenvalue weighted by Gasteiger charge is -2.32. The predicted octanol–water partition coefficient (Wildman–Crippen LogP) is 2.71. The molecule has 1 fully saturated rings. The Morgan fingerprint density at radius 3 is 2.76 bits per heavy atom. The highest BCUT2D eigenvalue weighted by Crippen LogP contribution is 2.31. The lowest BCUT2D eigenvalue weighted by Crippen LogP contribution is -2.49. The monoisotopic (exact) mass is 382 g/mol. The van der Waals surface area contributed by atoms with Crippen molar-refractivity contribution in [2.75, 3.05) is 19.3 Å². The first-order chi connectivity index (χ1) is 11.8. The summed E-state index contributed by atoms with van der Waals surface area (Å²) in [6.45, 7) is 0.937. The number of amides is 1. The summed E-state index contributed by atoms with van der Waals surface area (Å²) >= 11 is 1.25. The Labute approximate surface area is 150 Å². The van der Waals surface area contributed by atoms with Crippen LogP contribution in [0, 0.1) is 5.82 Å². The molecule has 1 N–H and O–H groups in total. The minimum atomic E-state index is -3.30. The SMILES string of the molecule is CS(=O)(=O)N[C@H]1CCCN(C(=O)c2ccc(-c3ccccc3F)s2)C1. The molecule has 1 aliphatic heterocycles. The maximum atomic E-state index is 13.9. The first-order valence-corrected chi connectivity index (χ1v) is 10.7. The molecule has 0 saturated carbocycles. The summed E-state index contributed by atoms with van der Waals surface area (Å²) in [5.74, 6) is -0.466. The molecule has 1 aromatic heterocycles. The van der Waals surface area contributed by atoms with Crippen LogP contribution in [0.1, 0.15) is 22.5 Å². The van der Waals surface area contributed by atoms with Gasteiger partial charge in [-0.05, 0) is 31.0 Å². The molecule has 1 atom stereocenters. The van der Waals surface area contributed by atoms with Crippen molar-refractivity contribution in [2.45, 2.75) is 18.9 Å². The predicted molar refractivity (Wildman–Crippen MR) is 96.6 cm³/mol. The van der Waals surface area contributed by atoms with E-state index in [-0.39, 0.29) is 17.8 Å². The first kappa shape index (κ1) is 18.0. The molecule has 0 unspecified atom stereocenters. The molecule has 8 heteroatoms. The number of hydrogen-bond donors (Lipinski definition) is 1. The van der Waals surface area contributed by atoms with Crippen LogP contribution < -0.4 is 4.72 Å². The van der Waals surface area contributed by atoms with Gasteiger partial charge in [0, 0.05) is 29.6 Å². The highest BCUT2D eigenvalue weighted by molar-refractivity contribution is 7.88. The Hall–Kier alpha value is -1.77. The van der Waals surface area contributed by atoms with Crippen molar-refractivity contribution in [3.63, 3.8) is 0 Å². The summed E-state index contributed by atoms with van der Waals surface area (Å²) in [7, 11) is -3.30.